The summed E-state index contributed by atoms with van der Waals surface area (Å²) in [4.78, 5) is 6.89. The summed E-state index contributed by atoms with van der Waals surface area (Å²) >= 11 is 1.60. The number of hydrogen-bond acceptors (Lipinski definition) is 6. The Labute approximate surface area is 184 Å². The van der Waals surface area contributed by atoms with Crippen molar-refractivity contribution in [2.24, 2.45) is 0 Å². The first-order chi connectivity index (χ1) is 15.1. The maximum absolute atomic E-state index is 14.0. The summed E-state index contributed by atoms with van der Waals surface area (Å²) in [6.45, 7) is 3.84. The number of rotatable bonds is 6. The molecule has 0 amide bonds. The summed E-state index contributed by atoms with van der Waals surface area (Å²) in [6, 6.07) is 13.0. The van der Waals surface area contributed by atoms with Gasteiger partial charge in [-0.3, -0.25) is 4.90 Å². The van der Waals surface area contributed by atoms with E-state index in [9.17, 15) is 9.50 Å². The zero-order valence-electron chi connectivity index (χ0n) is 17.3. The van der Waals surface area contributed by atoms with Crippen LogP contribution < -0.4 is 4.74 Å². The topological polar surface area (TPSA) is 58.7 Å². The van der Waals surface area contributed by atoms with Gasteiger partial charge < -0.3 is 14.3 Å². The van der Waals surface area contributed by atoms with Gasteiger partial charge in [0.2, 0.25) is 0 Å². The van der Waals surface area contributed by atoms with E-state index in [1.165, 1.54) is 6.07 Å². The molecular weight excluding hydrogens is 415 g/mol. The molecule has 1 N–H and O–H groups in total. The fourth-order valence-electron chi connectivity index (χ4n) is 4.42. The average Bonchev–Trinajstić information content (AvgIpc) is 3.41. The van der Waals surface area contributed by atoms with Gasteiger partial charge in [0, 0.05) is 18.5 Å². The van der Waals surface area contributed by atoms with E-state index in [1.54, 1.807) is 23.7 Å². The van der Waals surface area contributed by atoms with Crippen molar-refractivity contribution in [3.63, 3.8) is 0 Å². The summed E-state index contributed by atoms with van der Waals surface area (Å²) in [5.74, 6) is 0.801. The van der Waals surface area contributed by atoms with Crippen molar-refractivity contribution in [2.45, 2.75) is 37.8 Å². The van der Waals surface area contributed by atoms with Crippen LogP contribution in [0.25, 0.3) is 21.2 Å². The number of aliphatic hydroxyl groups is 1. The zero-order valence-corrected chi connectivity index (χ0v) is 18.1. The lowest BCUT2D eigenvalue weighted by Crippen LogP contribution is -2.45. The second-order valence-electron chi connectivity index (χ2n) is 8.26. The van der Waals surface area contributed by atoms with Gasteiger partial charge in [0.15, 0.2) is 0 Å². The molecule has 2 unspecified atom stereocenters. The number of hydrogen-bond donors (Lipinski definition) is 1. The molecule has 162 valence electrons. The molecule has 3 heterocycles. The Hall–Kier alpha value is -2.48. The van der Waals surface area contributed by atoms with Gasteiger partial charge in [-0.2, -0.15) is 0 Å². The lowest BCUT2D eigenvalue weighted by atomic mass is 9.92. The predicted molar refractivity (Wildman–Crippen MR) is 120 cm³/mol. The highest BCUT2D eigenvalue weighted by Crippen LogP contribution is 2.36. The molecule has 0 saturated carbocycles. The van der Waals surface area contributed by atoms with Crippen LogP contribution in [0.4, 0.5) is 4.39 Å². The van der Waals surface area contributed by atoms with Crippen LogP contribution in [-0.4, -0.2) is 46.8 Å². The second-order valence-corrected chi connectivity index (χ2v) is 9.32. The second kappa shape index (κ2) is 8.57. The number of aliphatic hydroxyl groups excluding tert-OH is 1. The molecule has 2 aromatic heterocycles. The van der Waals surface area contributed by atoms with Crippen LogP contribution in [0.5, 0.6) is 5.75 Å². The Kier molecular flexibility index (Phi) is 5.65. The van der Waals surface area contributed by atoms with Crippen LogP contribution in [0, 0.1) is 5.82 Å². The number of halogens is 1. The standard InChI is InChI=1S/C24H25FN2O3S/c1-15-12-16(24-26-23-19(25)4-2-7-22(23)31-24)8-10-27(15)13-17(28)14-30-21-6-3-5-20-18(21)9-11-29-20/h2-7,9,11,15-17,28H,8,10,12-14H2,1H3/t15-,16?,17?/m0/s1. The van der Waals surface area contributed by atoms with Crippen LogP contribution in [0.2, 0.25) is 0 Å². The predicted octanol–water partition coefficient (Wildman–Crippen LogP) is 5.19. The molecule has 0 aliphatic carbocycles. The van der Waals surface area contributed by atoms with Gasteiger partial charge >= 0.3 is 0 Å². The molecule has 0 bridgehead atoms. The van der Waals surface area contributed by atoms with Crippen LogP contribution in [0.3, 0.4) is 0 Å². The van der Waals surface area contributed by atoms with Crippen molar-refractivity contribution >= 4 is 32.5 Å². The van der Waals surface area contributed by atoms with Gasteiger partial charge in [-0.1, -0.05) is 12.1 Å². The molecule has 1 aliphatic heterocycles. The number of nitrogens with zero attached hydrogens (tertiary/aromatic N) is 2. The van der Waals surface area contributed by atoms with Crippen molar-refractivity contribution in [1.82, 2.24) is 9.88 Å². The van der Waals surface area contributed by atoms with Crippen LogP contribution >= 0.6 is 11.3 Å². The molecule has 7 heteroatoms. The van der Waals surface area contributed by atoms with Gasteiger partial charge in [0.25, 0.3) is 0 Å². The number of para-hydroxylation sites is 1. The number of benzene rings is 2. The fraction of sp³-hybridized carbons (Fsp3) is 0.375. The molecule has 31 heavy (non-hydrogen) atoms. The third-order valence-corrected chi connectivity index (χ3v) is 7.26. The summed E-state index contributed by atoms with van der Waals surface area (Å²) in [7, 11) is 0. The monoisotopic (exact) mass is 440 g/mol. The van der Waals surface area contributed by atoms with Gasteiger partial charge in [0.1, 0.15) is 35.4 Å². The minimum Gasteiger partial charge on any atom is -0.490 e. The summed E-state index contributed by atoms with van der Waals surface area (Å²) in [5.41, 5.74) is 1.26. The van der Waals surface area contributed by atoms with Crippen LogP contribution in [0.1, 0.15) is 30.7 Å². The molecule has 5 rings (SSSR count). The van der Waals surface area contributed by atoms with E-state index in [0.717, 1.165) is 45.8 Å². The third kappa shape index (κ3) is 4.18. The molecule has 2 aromatic carbocycles. The van der Waals surface area contributed by atoms with E-state index >= 15 is 0 Å². The van der Waals surface area contributed by atoms with Gasteiger partial charge in [0.05, 0.1) is 21.4 Å². The highest BCUT2D eigenvalue weighted by Gasteiger charge is 2.29. The Morgan fingerprint density at radius 2 is 2.16 bits per heavy atom. The first kappa shape index (κ1) is 20.4. The molecule has 1 aliphatic rings. The number of β-amino-alcohol motifs (C(OH)–C–C–N with tert-alkyl or cyclic N) is 1. The molecule has 1 fully saturated rings. The quantitative estimate of drug-likeness (QED) is 0.447. The first-order valence-electron chi connectivity index (χ1n) is 10.6. The van der Waals surface area contributed by atoms with Crippen molar-refractivity contribution < 1.29 is 18.7 Å². The van der Waals surface area contributed by atoms with Crippen molar-refractivity contribution in [1.29, 1.82) is 0 Å². The average molecular weight is 441 g/mol. The van der Waals surface area contributed by atoms with E-state index in [0.29, 0.717) is 24.0 Å². The molecule has 1 saturated heterocycles. The molecule has 3 atom stereocenters. The normalized spacial score (nSPS) is 21.0. The third-order valence-electron chi connectivity index (χ3n) is 6.08. The Bertz CT molecular complexity index is 1190. The number of likely N-dealkylation sites (tertiary alicyclic amines) is 1. The van der Waals surface area contributed by atoms with E-state index in [1.807, 2.05) is 30.3 Å². The number of ether oxygens (including phenoxy) is 1. The number of fused-ring (bicyclic) bond motifs is 2. The summed E-state index contributed by atoms with van der Waals surface area (Å²) in [6.07, 6.45) is 2.95. The van der Waals surface area contributed by atoms with E-state index in [2.05, 4.69) is 16.8 Å². The molecular formula is C24H25FN2O3S. The van der Waals surface area contributed by atoms with Gasteiger partial charge in [-0.05, 0) is 56.6 Å². The van der Waals surface area contributed by atoms with Gasteiger partial charge in [-0.15, -0.1) is 11.3 Å². The van der Waals surface area contributed by atoms with Gasteiger partial charge in [-0.25, -0.2) is 9.37 Å². The number of thiazole rings is 1. The van der Waals surface area contributed by atoms with Crippen molar-refractivity contribution in [3.8, 4) is 5.75 Å². The van der Waals surface area contributed by atoms with Crippen LogP contribution in [0.15, 0.2) is 53.1 Å². The number of piperidine rings is 1. The number of furan rings is 1. The SMILES string of the molecule is C[C@H]1CC(c2nc3c(F)cccc3s2)CCN1CC(O)COc1cccc2occc12. The first-order valence-corrected chi connectivity index (χ1v) is 11.5. The lowest BCUT2D eigenvalue weighted by molar-refractivity contribution is 0.0405. The number of aromatic nitrogens is 1. The maximum Gasteiger partial charge on any atom is 0.150 e. The molecule has 0 radical (unpaired) electrons. The van der Waals surface area contributed by atoms with E-state index in [4.69, 9.17) is 9.15 Å². The Morgan fingerprint density at radius 3 is 3.00 bits per heavy atom. The summed E-state index contributed by atoms with van der Waals surface area (Å²) in [5, 5.41) is 12.5. The maximum atomic E-state index is 14.0. The lowest BCUT2D eigenvalue weighted by Gasteiger charge is -2.38. The Balaban J connectivity index is 1.18. The largest absolute Gasteiger partial charge is 0.490 e. The minimum atomic E-state index is -0.585. The van der Waals surface area contributed by atoms with E-state index < -0.39 is 6.10 Å². The molecule has 0 spiro atoms. The molecule has 5 nitrogen and oxygen atoms in total. The highest BCUT2D eigenvalue weighted by molar-refractivity contribution is 7.18. The highest BCUT2D eigenvalue weighted by atomic mass is 32.1. The zero-order chi connectivity index (χ0) is 21.4. The Morgan fingerprint density at radius 1 is 1.29 bits per heavy atom. The van der Waals surface area contributed by atoms with E-state index in [-0.39, 0.29) is 12.4 Å². The summed E-state index contributed by atoms with van der Waals surface area (Å²) < 4.78 is 26.2. The smallest absolute Gasteiger partial charge is 0.150 e. The van der Waals surface area contributed by atoms with Crippen LogP contribution in [-0.2, 0) is 0 Å². The molecule has 4 aromatic rings. The van der Waals surface area contributed by atoms with Crippen molar-refractivity contribution in [2.75, 3.05) is 19.7 Å². The van der Waals surface area contributed by atoms with Crippen molar-refractivity contribution in [3.05, 3.63) is 59.6 Å². The fourth-order valence-corrected chi connectivity index (χ4v) is 5.55. The minimum absolute atomic E-state index is 0.230.